The molecule has 1 aromatic heterocycles. The summed E-state index contributed by atoms with van der Waals surface area (Å²) in [6.07, 6.45) is 3.66. The Morgan fingerprint density at radius 1 is 1.35 bits per heavy atom. The third-order valence-corrected chi connectivity index (χ3v) is 2.54. The van der Waals surface area contributed by atoms with Gasteiger partial charge in [0.25, 0.3) is 0 Å². The van der Waals surface area contributed by atoms with Crippen molar-refractivity contribution in [2.75, 3.05) is 19.8 Å². The number of pyridine rings is 1. The first kappa shape index (κ1) is 14.2. The molecule has 1 rings (SSSR count). The SMILES string of the molecule is CCCCOCCOc1cc(CO)c(Cl)cn1. The van der Waals surface area contributed by atoms with Crippen LogP contribution in [-0.4, -0.2) is 29.9 Å². The number of nitrogens with zero attached hydrogens (tertiary/aromatic N) is 1. The van der Waals surface area contributed by atoms with Crippen LogP contribution in [0, 0.1) is 0 Å². The first-order valence-corrected chi connectivity index (χ1v) is 6.11. The van der Waals surface area contributed by atoms with Crippen LogP contribution in [0.4, 0.5) is 0 Å². The van der Waals surface area contributed by atoms with Crippen molar-refractivity contribution in [3.05, 3.63) is 22.8 Å². The van der Waals surface area contributed by atoms with Gasteiger partial charge in [0.05, 0.1) is 18.2 Å². The van der Waals surface area contributed by atoms with Gasteiger partial charge in [-0.3, -0.25) is 0 Å². The quantitative estimate of drug-likeness (QED) is 0.729. The van der Waals surface area contributed by atoms with Crippen LogP contribution >= 0.6 is 11.6 Å². The third-order valence-electron chi connectivity index (χ3n) is 2.20. The minimum absolute atomic E-state index is 0.120. The Morgan fingerprint density at radius 3 is 2.88 bits per heavy atom. The monoisotopic (exact) mass is 259 g/mol. The fraction of sp³-hybridized carbons (Fsp3) is 0.583. The van der Waals surface area contributed by atoms with E-state index in [0.717, 1.165) is 19.4 Å². The number of aromatic nitrogens is 1. The molecule has 0 saturated heterocycles. The second-order valence-electron chi connectivity index (χ2n) is 3.59. The van der Waals surface area contributed by atoms with Crippen LogP contribution in [-0.2, 0) is 11.3 Å². The van der Waals surface area contributed by atoms with Crippen LogP contribution in [0.2, 0.25) is 5.02 Å². The van der Waals surface area contributed by atoms with E-state index in [2.05, 4.69) is 11.9 Å². The van der Waals surface area contributed by atoms with Gasteiger partial charge in [-0.05, 0) is 6.42 Å². The zero-order valence-electron chi connectivity index (χ0n) is 9.99. The molecular weight excluding hydrogens is 242 g/mol. The minimum atomic E-state index is -0.120. The third kappa shape index (κ3) is 5.35. The van der Waals surface area contributed by atoms with Crippen LogP contribution < -0.4 is 4.74 Å². The summed E-state index contributed by atoms with van der Waals surface area (Å²) in [5, 5.41) is 9.46. The summed E-state index contributed by atoms with van der Waals surface area (Å²) in [7, 11) is 0. The molecule has 96 valence electrons. The molecule has 0 aliphatic heterocycles. The highest BCUT2D eigenvalue weighted by Crippen LogP contribution is 2.18. The van der Waals surface area contributed by atoms with Gasteiger partial charge in [0.2, 0.25) is 5.88 Å². The summed E-state index contributed by atoms with van der Waals surface area (Å²) >= 11 is 5.81. The van der Waals surface area contributed by atoms with Crippen LogP contribution in [0.3, 0.4) is 0 Å². The Morgan fingerprint density at radius 2 is 2.18 bits per heavy atom. The number of aliphatic hydroxyl groups is 1. The summed E-state index contributed by atoms with van der Waals surface area (Å²) in [5.41, 5.74) is 0.614. The first-order chi connectivity index (χ1) is 8.27. The average Bonchev–Trinajstić information content (AvgIpc) is 2.35. The lowest BCUT2D eigenvalue weighted by Crippen LogP contribution is -2.08. The maximum Gasteiger partial charge on any atom is 0.213 e. The molecule has 17 heavy (non-hydrogen) atoms. The molecule has 0 aromatic carbocycles. The summed E-state index contributed by atoms with van der Waals surface area (Å²) < 4.78 is 10.7. The Bertz CT molecular complexity index is 334. The van der Waals surface area contributed by atoms with Gasteiger partial charge >= 0.3 is 0 Å². The molecule has 0 aliphatic rings. The predicted octanol–water partition coefficient (Wildman–Crippen LogP) is 2.42. The molecule has 0 unspecified atom stereocenters. The Balaban J connectivity index is 2.27. The normalized spacial score (nSPS) is 10.5. The van der Waals surface area contributed by atoms with Crippen molar-refractivity contribution >= 4 is 11.6 Å². The number of ether oxygens (including phenoxy) is 2. The Kier molecular flexibility index (Phi) is 6.93. The number of halogens is 1. The van der Waals surface area contributed by atoms with Gasteiger partial charge in [-0.2, -0.15) is 0 Å². The lowest BCUT2D eigenvalue weighted by atomic mass is 10.3. The van der Waals surface area contributed by atoms with E-state index >= 15 is 0 Å². The van der Waals surface area contributed by atoms with Crippen LogP contribution in [0.5, 0.6) is 5.88 Å². The van der Waals surface area contributed by atoms with Crippen molar-refractivity contribution in [1.29, 1.82) is 0 Å². The van der Waals surface area contributed by atoms with Crippen LogP contribution in [0.1, 0.15) is 25.3 Å². The molecule has 5 heteroatoms. The molecule has 4 nitrogen and oxygen atoms in total. The molecule has 1 aromatic rings. The number of hydrogen-bond acceptors (Lipinski definition) is 4. The maximum absolute atomic E-state index is 9.02. The van der Waals surface area contributed by atoms with Gasteiger partial charge in [-0.15, -0.1) is 0 Å². The lowest BCUT2D eigenvalue weighted by Gasteiger charge is -2.07. The van der Waals surface area contributed by atoms with Gasteiger partial charge in [-0.1, -0.05) is 24.9 Å². The molecule has 0 atom stereocenters. The molecular formula is C12H18ClNO3. The molecule has 1 heterocycles. The number of hydrogen-bond donors (Lipinski definition) is 1. The zero-order chi connectivity index (χ0) is 12.5. The molecule has 0 amide bonds. The fourth-order valence-electron chi connectivity index (χ4n) is 1.21. The van der Waals surface area contributed by atoms with Gasteiger partial charge in [0, 0.05) is 24.4 Å². The van der Waals surface area contributed by atoms with Crippen molar-refractivity contribution in [2.24, 2.45) is 0 Å². The summed E-state index contributed by atoms with van der Waals surface area (Å²) in [5.74, 6) is 0.456. The predicted molar refractivity (Wildman–Crippen MR) is 66.4 cm³/mol. The standard InChI is InChI=1S/C12H18ClNO3/c1-2-3-4-16-5-6-17-12-7-10(9-15)11(13)8-14-12/h7-8,15H,2-6,9H2,1H3. The van der Waals surface area contributed by atoms with Crippen molar-refractivity contribution in [2.45, 2.75) is 26.4 Å². The van der Waals surface area contributed by atoms with Crippen molar-refractivity contribution in [3.8, 4) is 5.88 Å². The number of rotatable bonds is 8. The molecule has 0 spiro atoms. The van der Waals surface area contributed by atoms with E-state index in [1.54, 1.807) is 6.07 Å². The largest absolute Gasteiger partial charge is 0.475 e. The average molecular weight is 260 g/mol. The summed E-state index contributed by atoms with van der Waals surface area (Å²) in [6.45, 7) is 3.75. The molecule has 0 bridgehead atoms. The van der Waals surface area contributed by atoms with E-state index in [0.29, 0.717) is 29.7 Å². The van der Waals surface area contributed by atoms with E-state index in [4.69, 9.17) is 26.2 Å². The first-order valence-electron chi connectivity index (χ1n) is 5.73. The van der Waals surface area contributed by atoms with Crippen molar-refractivity contribution < 1.29 is 14.6 Å². The Hall–Kier alpha value is -0.840. The Labute approximate surface area is 107 Å². The highest BCUT2D eigenvalue weighted by molar-refractivity contribution is 6.31. The van der Waals surface area contributed by atoms with E-state index in [9.17, 15) is 0 Å². The van der Waals surface area contributed by atoms with E-state index in [1.165, 1.54) is 6.20 Å². The van der Waals surface area contributed by atoms with Gasteiger partial charge < -0.3 is 14.6 Å². The topological polar surface area (TPSA) is 51.6 Å². The number of aliphatic hydroxyl groups excluding tert-OH is 1. The van der Waals surface area contributed by atoms with Crippen LogP contribution in [0.25, 0.3) is 0 Å². The second-order valence-corrected chi connectivity index (χ2v) is 3.99. The maximum atomic E-state index is 9.02. The summed E-state index contributed by atoms with van der Waals surface area (Å²) in [4.78, 5) is 4.00. The molecule has 1 N–H and O–H groups in total. The van der Waals surface area contributed by atoms with Crippen LogP contribution in [0.15, 0.2) is 12.3 Å². The highest BCUT2D eigenvalue weighted by atomic mass is 35.5. The van der Waals surface area contributed by atoms with Gasteiger partial charge in [0.15, 0.2) is 0 Å². The fourth-order valence-corrected chi connectivity index (χ4v) is 1.38. The smallest absolute Gasteiger partial charge is 0.213 e. The molecule has 0 saturated carbocycles. The zero-order valence-corrected chi connectivity index (χ0v) is 10.7. The number of unbranched alkanes of at least 4 members (excludes halogenated alkanes) is 1. The molecule has 0 aliphatic carbocycles. The second kappa shape index (κ2) is 8.28. The summed E-state index contributed by atoms with van der Waals surface area (Å²) in [6, 6.07) is 1.63. The highest BCUT2D eigenvalue weighted by Gasteiger charge is 2.03. The minimum Gasteiger partial charge on any atom is -0.475 e. The van der Waals surface area contributed by atoms with E-state index < -0.39 is 0 Å². The lowest BCUT2D eigenvalue weighted by molar-refractivity contribution is 0.0964. The van der Waals surface area contributed by atoms with Gasteiger partial charge in [0.1, 0.15) is 6.61 Å². The van der Waals surface area contributed by atoms with Crippen molar-refractivity contribution in [3.63, 3.8) is 0 Å². The van der Waals surface area contributed by atoms with Gasteiger partial charge in [-0.25, -0.2) is 4.98 Å². The molecule has 0 fully saturated rings. The van der Waals surface area contributed by atoms with E-state index in [-0.39, 0.29) is 6.61 Å². The van der Waals surface area contributed by atoms with E-state index in [1.807, 2.05) is 0 Å². The molecule has 0 radical (unpaired) electrons. The van der Waals surface area contributed by atoms with Crippen molar-refractivity contribution in [1.82, 2.24) is 4.98 Å².